The van der Waals surface area contributed by atoms with Crippen LogP contribution in [0.2, 0.25) is 0 Å². The number of hydrazone groups is 1. The number of hydrogen-bond acceptors (Lipinski definition) is 4. The lowest BCUT2D eigenvalue weighted by Crippen LogP contribution is -2.18. The van der Waals surface area contributed by atoms with Crippen LogP contribution in [0.3, 0.4) is 0 Å². The number of nitrogens with one attached hydrogen (secondary N) is 2. The first-order valence-electron chi connectivity index (χ1n) is 7.92. The molecule has 0 bridgehead atoms. The van der Waals surface area contributed by atoms with Gasteiger partial charge in [-0.2, -0.15) is 5.10 Å². The molecule has 0 radical (unpaired) electrons. The molecule has 2 N–H and O–H groups in total. The van der Waals surface area contributed by atoms with Gasteiger partial charge >= 0.3 is 0 Å². The average molecular weight is 344 g/mol. The van der Waals surface area contributed by atoms with Gasteiger partial charge in [0.05, 0.1) is 6.21 Å². The SMILES string of the molecule is O=C(N/N=C/c1cccnc1)c1cccc(NC(=O)c2ccccc2)c1. The largest absolute Gasteiger partial charge is 0.322 e. The molecule has 0 fully saturated rings. The number of amides is 2. The number of aromatic nitrogens is 1. The summed E-state index contributed by atoms with van der Waals surface area (Å²) in [5.41, 5.74) is 4.69. The molecule has 0 saturated heterocycles. The van der Waals surface area contributed by atoms with Gasteiger partial charge in [0.2, 0.25) is 0 Å². The molecule has 0 aliphatic rings. The lowest BCUT2D eigenvalue weighted by atomic mass is 10.1. The fourth-order valence-corrected chi connectivity index (χ4v) is 2.21. The minimum absolute atomic E-state index is 0.238. The zero-order valence-electron chi connectivity index (χ0n) is 13.8. The van der Waals surface area contributed by atoms with Crippen molar-refractivity contribution in [1.82, 2.24) is 10.4 Å². The summed E-state index contributed by atoms with van der Waals surface area (Å²) in [6, 6.07) is 19.1. The highest BCUT2D eigenvalue weighted by atomic mass is 16.2. The molecule has 1 aromatic heterocycles. The first-order valence-corrected chi connectivity index (χ1v) is 7.92. The standard InChI is InChI=1S/C20H16N4O2/c25-19(16-7-2-1-3-8-16)23-18-10-4-9-17(12-18)20(26)24-22-14-15-6-5-11-21-13-15/h1-14H,(H,23,25)(H,24,26)/b22-14+. The predicted octanol–water partition coefficient (Wildman–Crippen LogP) is 3.10. The van der Waals surface area contributed by atoms with Crippen LogP contribution in [0.5, 0.6) is 0 Å². The van der Waals surface area contributed by atoms with Crippen LogP contribution in [0, 0.1) is 0 Å². The number of anilines is 1. The molecule has 0 spiro atoms. The van der Waals surface area contributed by atoms with E-state index in [0.717, 1.165) is 5.56 Å². The monoisotopic (exact) mass is 344 g/mol. The minimum Gasteiger partial charge on any atom is -0.322 e. The molecule has 0 aliphatic carbocycles. The highest BCUT2D eigenvalue weighted by Crippen LogP contribution is 2.12. The Bertz CT molecular complexity index is 925. The first-order chi connectivity index (χ1) is 12.7. The number of carbonyl (C=O) groups excluding carboxylic acids is 2. The highest BCUT2D eigenvalue weighted by Gasteiger charge is 2.08. The molecule has 26 heavy (non-hydrogen) atoms. The van der Waals surface area contributed by atoms with E-state index >= 15 is 0 Å². The van der Waals surface area contributed by atoms with Gasteiger partial charge in [-0.1, -0.05) is 30.3 Å². The number of hydrogen-bond donors (Lipinski definition) is 2. The molecular weight excluding hydrogens is 328 g/mol. The molecule has 6 heteroatoms. The Morgan fingerprint density at radius 1 is 0.885 bits per heavy atom. The Balaban J connectivity index is 1.64. The first kappa shape index (κ1) is 17.0. The van der Waals surface area contributed by atoms with Crippen LogP contribution in [-0.2, 0) is 0 Å². The molecule has 2 amide bonds. The minimum atomic E-state index is -0.374. The molecule has 0 unspecified atom stereocenters. The summed E-state index contributed by atoms with van der Waals surface area (Å²) in [6.07, 6.45) is 4.80. The number of carbonyl (C=O) groups is 2. The molecule has 0 aliphatic heterocycles. The second-order valence-corrected chi connectivity index (χ2v) is 5.39. The van der Waals surface area contributed by atoms with Crippen molar-refractivity contribution in [2.24, 2.45) is 5.10 Å². The quantitative estimate of drug-likeness (QED) is 0.551. The van der Waals surface area contributed by atoms with Gasteiger partial charge in [-0.15, -0.1) is 0 Å². The van der Waals surface area contributed by atoms with E-state index in [1.807, 2.05) is 12.1 Å². The van der Waals surface area contributed by atoms with Crippen LogP contribution in [-0.4, -0.2) is 23.0 Å². The van der Waals surface area contributed by atoms with Crippen LogP contribution >= 0.6 is 0 Å². The van der Waals surface area contributed by atoms with Crippen molar-refractivity contribution < 1.29 is 9.59 Å². The second kappa shape index (κ2) is 8.34. The Labute approximate surface area is 150 Å². The van der Waals surface area contributed by atoms with Crippen molar-refractivity contribution in [3.63, 3.8) is 0 Å². The Morgan fingerprint density at radius 2 is 1.69 bits per heavy atom. The fraction of sp³-hybridized carbons (Fsp3) is 0. The van der Waals surface area contributed by atoms with Gasteiger partial charge in [0.1, 0.15) is 0 Å². The molecule has 3 rings (SSSR count). The number of pyridine rings is 1. The van der Waals surface area contributed by atoms with Gasteiger partial charge < -0.3 is 5.32 Å². The zero-order valence-corrected chi connectivity index (χ0v) is 13.8. The van der Waals surface area contributed by atoms with Crippen LogP contribution < -0.4 is 10.7 Å². The predicted molar refractivity (Wildman–Crippen MR) is 100 cm³/mol. The topological polar surface area (TPSA) is 83.4 Å². The molecule has 0 saturated carbocycles. The molecule has 0 atom stereocenters. The molecular formula is C20H16N4O2. The van der Waals surface area contributed by atoms with Crippen molar-refractivity contribution in [2.75, 3.05) is 5.32 Å². The van der Waals surface area contributed by atoms with Gasteiger partial charge in [0.15, 0.2) is 0 Å². The van der Waals surface area contributed by atoms with E-state index in [9.17, 15) is 9.59 Å². The summed E-state index contributed by atoms with van der Waals surface area (Å²) in [4.78, 5) is 28.3. The molecule has 1 heterocycles. The van der Waals surface area contributed by atoms with Crippen molar-refractivity contribution in [3.05, 3.63) is 95.8 Å². The normalized spacial score (nSPS) is 10.5. The van der Waals surface area contributed by atoms with E-state index in [1.165, 1.54) is 6.21 Å². The third-order valence-corrected chi connectivity index (χ3v) is 3.48. The van der Waals surface area contributed by atoms with E-state index in [-0.39, 0.29) is 11.8 Å². The maximum atomic E-state index is 12.2. The summed E-state index contributed by atoms with van der Waals surface area (Å²) in [6.45, 7) is 0. The van der Waals surface area contributed by atoms with Crippen LogP contribution in [0.4, 0.5) is 5.69 Å². The third-order valence-electron chi connectivity index (χ3n) is 3.48. The van der Waals surface area contributed by atoms with Gasteiger partial charge in [0.25, 0.3) is 11.8 Å². The summed E-state index contributed by atoms with van der Waals surface area (Å²) < 4.78 is 0. The number of rotatable bonds is 5. The van der Waals surface area contributed by atoms with Crippen molar-refractivity contribution >= 4 is 23.7 Å². The van der Waals surface area contributed by atoms with E-state index in [0.29, 0.717) is 16.8 Å². The maximum Gasteiger partial charge on any atom is 0.271 e. The molecule has 2 aromatic carbocycles. The highest BCUT2D eigenvalue weighted by molar-refractivity contribution is 6.05. The zero-order chi connectivity index (χ0) is 18.2. The van der Waals surface area contributed by atoms with E-state index in [4.69, 9.17) is 0 Å². The number of nitrogens with zero attached hydrogens (tertiary/aromatic N) is 2. The van der Waals surface area contributed by atoms with E-state index in [1.54, 1.807) is 67.0 Å². The lowest BCUT2D eigenvalue weighted by Gasteiger charge is -2.07. The fourth-order valence-electron chi connectivity index (χ4n) is 2.21. The maximum absolute atomic E-state index is 12.2. The summed E-state index contributed by atoms with van der Waals surface area (Å²) >= 11 is 0. The van der Waals surface area contributed by atoms with Gasteiger partial charge in [0, 0.05) is 34.8 Å². The third kappa shape index (κ3) is 4.61. The second-order valence-electron chi connectivity index (χ2n) is 5.39. The number of benzene rings is 2. The van der Waals surface area contributed by atoms with E-state index in [2.05, 4.69) is 20.8 Å². The van der Waals surface area contributed by atoms with Crippen LogP contribution in [0.25, 0.3) is 0 Å². The Hall–Kier alpha value is -3.80. The van der Waals surface area contributed by atoms with Crippen molar-refractivity contribution in [2.45, 2.75) is 0 Å². The molecule has 6 nitrogen and oxygen atoms in total. The molecule has 128 valence electrons. The van der Waals surface area contributed by atoms with Gasteiger partial charge in [-0.25, -0.2) is 5.43 Å². The van der Waals surface area contributed by atoms with Crippen molar-refractivity contribution in [3.8, 4) is 0 Å². The summed E-state index contributed by atoms with van der Waals surface area (Å²) in [5.74, 6) is -0.612. The smallest absolute Gasteiger partial charge is 0.271 e. The Morgan fingerprint density at radius 3 is 2.46 bits per heavy atom. The average Bonchev–Trinajstić information content (AvgIpc) is 2.69. The summed E-state index contributed by atoms with van der Waals surface area (Å²) in [5, 5.41) is 6.67. The van der Waals surface area contributed by atoms with Crippen LogP contribution in [0.1, 0.15) is 26.3 Å². The van der Waals surface area contributed by atoms with Crippen LogP contribution in [0.15, 0.2) is 84.2 Å². The van der Waals surface area contributed by atoms with Crippen molar-refractivity contribution in [1.29, 1.82) is 0 Å². The van der Waals surface area contributed by atoms with Gasteiger partial charge in [-0.05, 0) is 36.4 Å². The van der Waals surface area contributed by atoms with E-state index < -0.39 is 0 Å². The Kier molecular flexibility index (Phi) is 5.47. The van der Waals surface area contributed by atoms with Gasteiger partial charge in [-0.3, -0.25) is 14.6 Å². The molecule has 3 aromatic rings. The summed E-state index contributed by atoms with van der Waals surface area (Å²) in [7, 11) is 0. The lowest BCUT2D eigenvalue weighted by molar-refractivity contribution is 0.0953.